The first-order valence-corrected chi connectivity index (χ1v) is 5.69. The fourth-order valence-corrected chi connectivity index (χ4v) is 1.95. The molecule has 1 aliphatic carbocycles. The summed E-state index contributed by atoms with van der Waals surface area (Å²) >= 11 is 0. The first-order valence-electron chi connectivity index (χ1n) is 5.69. The Labute approximate surface area is 82.9 Å². The van der Waals surface area contributed by atoms with Crippen molar-refractivity contribution in [3.05, 3.63) is 0 Å². The Morgan fingerprint density at radius 2 is 1.54 bits per heavy atom. The van der Waals surface area contributed by atoms with Gasteiger partial charge in [-0.05, 0) is 37.5 Å². The number of rotatable bonds is 2. The normalized spacial score (nSPS) is 27.8. The second kappa shape index (κ2) is 7.11. The van der Waals surface area contributed by atoms with Crippen LogP contribution in [0, 0.1) is 17.8 Å². The van der Waals surface area contributed by atoms with Crippen LogP contribution in [0.2, 0.25) is 0 Å². The van der Waals surface area contributed by atoms with E-state index >= 15 is 0 Å². The van der Waals surface area contributed by atoms with Crippen LogP contribution in [0.1, 0.15) is 53.4 Å². The fourth-order valence-electron chi connectivity index (χ4n) is 1.95. The van der Waals surface area contributed by atoms with Gasteiger partial charge in [0.2, 0.25) is 0 Å². The molecule has 0 heterocycles. The number of carbonyl (C=O) groups excluding carboxylic acids is 1. The average molecular weight is 184 g/mol. The van der Waals surface area contributed by atoms with Crippen LogP contribution in [0.15, 0.2) is 0 Å². The Balaban J connectivity index is 0.000000671. The molecule has 0 aliphatic heterocycles. The lowest BCUT2D eigenvalue weighted by Crippen LogP contribution is -2.19. The third-order valence-electron chi connectivity index (χ3n) is 2.95. The Hall–Kier alpha value is -0.330. The van der Waals surface area contributed by atoms with E-state index < -0.39 is 0 Å². The molecule has 0 N–H and O–H groups in total. The largest absolute Gasteiger partial charge is 0.303 e. The summed E-state index contributed by atoms with van der Waals surface area (Å²) in [4.78, 5) is 10.4. The van der Waals surface area contributed by atoms with E-state index in [4.69, 9.17) is 0 Å². The molecule has 0 radical (unpaired) electrons. The molecule has 1 saturated carbocycles. The maximum Gasteiger partial charge on any atom is 0.123 e. The van der Waals surface area contributed by atoms with Crippen LogP contribution >= 0.6 is 0 Å². The molecule has 0 aromatic rings. The maximum atomic E-state index is 10.4. The molecule has 1 nitrogen and oxygen atoms in total. The zero-order valence-corrected chi connectivity index (χ0v) is 9.55. The molecule has 0 unspecified atom stereocenters. The summed E-state index contributed by atoms with van der Waals surface area (Å²) in [5, 5.41) is 0. The molecule has 0 spiro atoms. The monoisotopic (exact) mass is 184 g/mol. The first-order chi connectivity index (χ1) is 6.24. The van der Waals surface area contributed by atoms with Gasteiger partial charge in [0.1, 0.15) is 6.29 Å². The van der Waals surface area contributed by atoms with E-state index in [0.717, 1.165) is 31.0 Å². The highest BCUT2D eigenvalue weighted by Gasteiger charge is 2.22. The summed E-state index contributed by atoms with van der Waals surface area (Å²) in [7, 11) is 0. The fraction of sp³-hybridized carbons (Fsp3) is 0.917. The molecule has 0 atom stereocenters. The van der Waals surface area contributed by atoms with Gasteiger partial charge in [0.05, 0.1) is 0 Å². The molecule has 1 aliphatic rings. The van der Waals surface area contributed by atoms with E-state index in [1.807, 2.05) is 13.8 Å². The Kier molecular flexibility index (Phi) is 6.93. The molecule has 0 bridgehead atoms. The van der Waals surface area contributed by atoms with Crippen LogP contribution in [0.25, 0.3) is 0 Å². The molecule has 0 amide bonds. The van der Waals surface area contributed by atoms with Crippen LogP contribution in [-0.2, 0) is 4.79 Å². The van der Waals surface area contributed by atoms with Gasteiger partial charge in [-0.1, -0.05) is 27.7 Å². The predicted molar refractivity (Wildman–Crippen MR) is 57.7 cm³/mol. The minimum atomic E-state index is 0.380. The van der Waals surface area contributed by atoms with E-state index in [1.54, 1.807) is 0 Å². The van der Waals surface area contributed by atoms with Crippen molar-refractivity contribution in [3.63, 3.8) is 0 Å². The summed E-state index contributed by atoms with van der Waals surface area (Å²) in [6, 6.07) is 0. The van der Waals surface area contributed by atoms with Crippen molar-refractivity contribution in [2.24, 2.45) is 17.8 Å². The van der Waals surface area contributed by atoms with Gasteiger partial charge >= 0.3 is 0 Å². The first kappa shape index (κ1) is 12.7. The molecule has 13 heavy (non-hydrogen) atoms. The maximum absolute atomic E-state index is 10.4. The lowest BCUT2D eigenvalue weighted by molar-refractivity contribution is -0.112. The van der Waals surface area contributed by atoms with Crippen molar-refractivity contribution in [3.8, 4) is 0 Å². The van der Waals surface area contributed by atoms with E-state index in [2.05, 4.69) is 13.8 Å². The minimum absolute atomic E-state index is 0.380. The highest BCUT2D eigenvalue weighted by Crippen LogP contribution is 2.31. The SMILES string of the molecule is CC.CC(C)C1CCC(C=O)CC1. The molecule has 78 valence electrons. The van der Waals surface area contributed by atoms with Gasteiger partial charge in [-0.25, -0.2) is 0 Å². The molecule has 1 rings (SSSR count). The molecule has 0 saturated heterocycles. The molecular formula is C12H24O. The van der Waals surface area contributed by atoms with Crippen LogP contribution < -0.4 is 0 Å². The van der Waals surface area contributed by atoms with Gasteiger partial charge in [-0.2, -0.15) is 0 Å². The average Bonchev–Trinajstić information content (AvgIpc) is 2.21. The van der Waals surface area contributed by atoms with Crippen LogP contribution in [0.5, 0.6) is 0 Å². The van der Waals surface area contributed by atoms with Crippen molar-refractivity contribution in [1.82, 2.24) is 0 Å². The Morgan fingerprint density at radius 3 is 1.85 bits per heavy atom. The number of hydrogen-bond acceptors (Lipinski definition) is 1. The van der Waals surface area contributed by atoms with E-state index in [-0.39, 0.29) is 0 Å². The minimum Gasteiger partial charge on any atom is -0.303 e. The third-order valence-corrected chi connectivity index (χ3v) is 2.95. The van der Waals surface area contributed by atoms with Gasteiger partial charge in [-0.15, -0.1) is 0 Å². The zero-order chi connectivity index (χ0) is 10.3. The number of carbonyl (C=O) groups is 1. The predicted octanol–water partition coefficient (Wildman–Crippen LogP) is 3.67. The smallest absolute Gasteiger partial charge is 0.123 e. The highest BCUT2D eigenvalue weighted by molar-refractivity contribution is 5.53. The number of hydrogen-bond donors (Lipinski definition) is 0. The molecule has 0 aromatic heterocycles. The summed E-state index contributed by atoms with van der Waals surface area (Å²) in [5.74, 6) is 2.07. The molecule has 1 heteroatoms. The topological polar surface area (TPSA) is 17.1 Å². The summed E-state index contributed by atoms with van der Waals surface area (Å²) in [5.41, 5.74) is 0. The Bertz CT molecular complexity index is 121. The third kappa shape index (κ3) is 4.44. The van der Waals surface area contributed by atoms with E-state index in [0.29, 0.717) is 5.92 Å². The molecule has 0 aromatic carbocycles. The van der Waals surface area contributed by atoms with Gasteiger partial charge in [0.15, 0.2) is 0 Å². The second-order valence-corrected chi connectivity index (χ2v) is 4.05. The van der Waals surface area contributed by atoms with Gasteiger partial charge in [0.25, 0.3) is 0 Å². The quantitative estimate of drug-likeness (QED) is 0.598. The van der Waals surface area contributed by atoms with Crippen molar-refractivity contribution in [2.75, 3.05) is 0 Å². The standard InChI is InChI=1S/C10H18O.C2H6/c1-8(2)10-5-3-9(7-11)4-6-10;1-2/h7-10H,3-6H2,1-2H3;1-2H3. The summed E-state index contributed by atoms with van der Waals surface area (Å²) in [6.07, 6.45) is 5.93. The van der Waals surface area contributed by atoms with Crippen molar-refractivity contribution in [1.29, 1.82) is 0 Å². The van der Waals surface area contributed by atoms with Gasteiger partial charge < -0.3 is 4.79 Å². The van der Waals surface area contributed by atoms with Crippen LogP contribution in [-0.4, -0.2) is 6.29 Å². The lowest BCUT2D eigenvalue weighted by atomic mass is 9.77. The van der Waals surface area contributed by atoms with E-state index in [1.165, 1.54) is 12.8 Å². The summed E-state index contributed by atoms with van der Waals surface area (Å²) < 4.78 is 0. The summed E-state index contributed by atoms with van der Waals surface area (Å²) in [6.45, 7) is 8.57. The van der Waals surface area contributed by atoms with Crippen LogP contribution in [0.3, 0.4) is 0 Å². The van der Waals surface area contributed by atoms with Gasteiger partial charge in [-0.3, -0.25) is 0 Å². The second-order valence-electron chi connectivity index (χ2n) is 4.05. The van der Waals surface area contributed by atoms with Crippen molar-refractivity contribution in [2.45, 2.75) is 53.4 Å². The number of aldehydes is 1. The van der Waals surface area contributed by atoms with Crippen LogP contribution in [0.4, 0.5) is 0 Å². The zero-order valence-electron chi connectivity index (χ0n) is 9.55. The van der Waals surface area contributed by atoms with E-state index in [9.17, 15) is 4.79 Å². The lowest BCUT2D eigenvalue weighted by Gasteiger charge is -2.28. The molecule has 1 fully saturated rings. The van der Waals surface area contributed by atoms with Crippen molar-refractivity contribution >= 4 is 6.29 Å². The Morgan fingerprint density at radius 1 is 1.08 bits per heavy atom. The molecular weight excluding hydrogens is 160 g/mol. The van der Waals surface area contributed by atoms with Gasteiger partial charge in [0, 0.05) is 5.92 Å². The highest BCUT2D eigenvalue weighted by atomic mass is 16.1. The van der Waals surface area contributed by atoms with Crippen molar-refractivity contribution < 1.29 is 4.79 Å².